The van der Waals surface area contributed by atoms with E-state index in [0.717, 1.165) is 0 Å². The van der Waals surface area contributed by atoms with Crippen molar-refractivity contribution in [3.05, 3.63) is 217 Å². The Morgan fingerprint density at radius 2 is 0.623 bits per heavy atom. The standard InChI is InChI=1S/C47H40N2O2Si2/c1-37(36-48-46(50)44-34-20-21-35-45(44)47(48)51)49(52(38-22-8-2-9-23-38,39-24-10-3-11-25-39)40-26-12-4-13-27-40)53(41-28-14-5-15-29-41,42-30-16-6-17-31-42)43-32-18-7-19-33-43/h2-35,37H,36H2,1H3. The molecule has 0 spiro atoms. The monoisotopic (exact) mass is 720 g/mol. The smallest absolute Gasteiger partial charge is 0.261 e. The van der Waals surface area contributed by atoms with Crippen molar-refractivity contribution in [1.82, 2.24) is 9.13 Å². The minimum atomic E-state index is -3.35. The SMILES string of the molecule is CC(CN1C(=O)c2ccccc2C1=O)N([Si](c1ccccc1)(c1ccccc1)c1ccccc1)[Si](c1ccccc1)(c1ccccc1)c1ccccc1. The van der Waals surface area contributed by atoms with E-state index in [4.69, 9.17) is 0 Å². The van der Waals surface area contributed by atoms with Gasteiger partial charge in [-0.05, 0) is 50.2 Å². The summed E-state index contributed by atoms with van der Waals surface area (Å²) < 4.78 is 2.86. The maximum Gasteiger partial charge on any atom is 0.261 e. The third kappa shape index (κ3) is 5.72. The molecule has 1 heterocycles. The molecule has 0 aromatic heterocycles. The lowest BCUT2D eigenvalue weighted by molar-refractivity contribution is 0.0634. The van der Waals surface area contributed by atoms with Crippen molar-refractivity contribution in [2.24, 2.45) is 0 Å². The van der Waals surface area contributed by atoms with Crippen LogP contribution in [0.3, 0.4) is 0 Å². The molecule has 6 heteroatoms. The van der Waals surface area contributed by atoms with Crippen molar-refractivity contribution in [2.75, 3.05) is 6.54 Å². The highest BCUT2D eigenvalue weighted by atomic mass is 28.4. The van der Waals surface area contributed by atoms with Crippen LogP contribution in [0.25, 0.3) is 0 Å². The molecule has 0 saturated carbocycles. The lowest BCUT2D eigenvalue weighted by Crippen LogP contribution is -2.92. The fourth-order valence-corrected chi connectivity index (χ4v) is 22.1. The summed E-state index contributed by atoms with van der Waals surface area (Å²) in [6, 6.07) is 72.6. The number of imide groups is 1. The molecule has 0 bridgehead atoms. The van der Waals surface area contributed by atoms with Crippen LogP contribution in [0.15, 0.2) is 206 Å². The van der Waals surface area contributed by atoms with Crippen LogP contribution >= 0.6 is 0 Å². The normalized spacial score (nSPS) is 13.6. The molecule has 0 aliphatic carbocycles. The Morgan fingerprint density at radius 1 is 0.396 bits per heavy atom. The van der Waals surface area contributed by atoms with E-state index in [9.17, 15) is 9.59 Å². The average Bonchev–Trinajstić information content (AvgIpc) is 3.47. The number of carbonyl (C=O) groups excluding carboxylic acids is 2. The molecule has 0 saturated heterocycles. The molecule has 0 fully saturated rings. The number of carbonyl (C=O) groups is 2. The number of hydrogen-bond donors (Lipinski definition) is 0. The van der Waals surface area contributed by atoms with Gasteiger partial charge in [0.15, 0.2) is 0 Å². The van der Waals surface area contributed by atoms with Crippen LogP contribution in [0.1, 0.15) is 27.6 Å². The Bertz CT molecular complexity index is 1970. The first-order valence-electron chi connectivity index (χ1n) is 18.2. The largest absolute Gasteiger partial charge is 0.320 e. The molecule has 258 valence electrons. The minimum Gasteiger partial charge on any atom is -0.320 e. The number of fused-ring (bicyclic) bond motifs is 1. The number of rotatable bonds is 11. The summed E-state index contributed by atoms with van der Waals surface area (Å²) in [5, 5.41) is 7.37. The molecule has 8 rings (SSSR count). The van der Waals surface area contributed by atoms with Crippen molar-refractivity contribution in [3.8, 4) is 0 Å². The first-order valence-corrected chi connectivity index (χ1v) is 22.0. The molecule has 1 aliphatic heterocycles. The summed E-state index contributed by atoms with van der Waals surface area (Å²) in [6.45, 7) is 2.45. The van der Waals surface area contributed by atoms with Crippen molar-refractivity contribution in [3.63, 3.8) is 0 Å². The second kappa shape index (κ2) is 14.6. The average molecular weight is 721 g/mol. The molecule has 7 aromatic carbocycles. The van der Waals surface area contributed by atoms with E-state index >= 15 is 0 Å². The molecule has 53 heavy (non-hydrogen) atoms. The molecule has 4 nitrogen and oxygen atoms in total. The summed E-state index contributed by atoms with van der Waals surface area (Å²) >= 11 is 0. The second-order valence-corrected chi connectivity index (χ2v) is 21.3. The molecule has 2 amide bonds. The highest BCUT2D eigenvalue weighted by Crippen LogP contribution is 2.29. The van der Waals surface area contributed by atoms with E-state index < -0.39 is 16.5 Å². The van der Waals surface area contributed by atoms with Crippen LogP contribution in [0.2, 0.25) is 0 Å². The number of benzene rings is 7. The fraction of sp³-hybridized carbons (Fsp3) is 0.0638. The molecule has 1 unspecified atom stereocenters. The van der Waals surface area contributed by atoms with E-state index in [-0.39, 0.29) is 24.4 Å². The highest BCUT2D eigenvalue weighted by Gasteiger charge is 2.59. The van der Waals surface area contributed by atoms with Gasteiger partial charge in [0.1, 0.15) is 0 Å². The van der Waals surface area contributed by atoms with E-state index in [1.807, 2.05) is 12.1 Å². The van der Waals surface area contributed by atoms with Crippen LogP contribution < -0.4 is 31.1 Å². The zero-order valence-corrected chi connectivity index (χ0v) is 31.6. The third-order valence-electron chi connectivity index (χ3n) is 10.6. The van der Waals surface area contributed by atoms with Gasteiger partial charge in [0.2, 0.25) is 16.5 Å². The first kappa shape index (κ1) is 34.2. The van der Waals surface area contributed by atoms with Crippen LogP contribution in [0, 0.1) is 0 Å². The van der Waals surface area contributed by atoms with Gasteiger partial charge >= 0.3 is 0 Å². The first-order chi connectivity index (χ1) is 26.1. The molecule has 7 aromatic rings. The lowest BCUT2D eigenvalue weighted by Gasteiger charge is -2.56. The Labute approximate surface area is 313 Å². The summed E-state index contributed by atoms with van der Waals surface area (Å²) in [7, 11) is -6.70. The van der Waals surface area contributed by atoms with E-state index in [0.29, 0.717) is 11.1 Å². The summed E-state index contributed by atoms with van der Waals surface area (Å²) in [4.78, 5) is 29.9. The van der Waals surface area contributed by atoms with E-state index in [1.54, 1.807) is 12.1 Å². The van der Waals surface area contributed by atoms with Crippen molar-refractivity contribution < 1.29 is 9.59 Å². The molecule has 0 radical (unpaired) electrons. The summed E-state index contributed by atoms with van der Waals surface area (Å²) in [5.41, 5.74) is 0.929. The van der Waals surface area contributed by atoms with Crippen LogP contribution in [-0.4, -0.2) is 50.0 Å². The number of nitrogens with zero attached hydrogens (tertiary/aromatic N) is 2. The molecule has 1 atom stereocenters. The zero-order chi connectivity index (χ0) is 36.3. The van der Waals surface area contributed by atoms with Crippen molar-refractivity contribution in [2.45, 2.75) is 13.0 Å². The fourth-order valence-electron chi connectivity index (χ4n) is 8.57. The van der Waals surface area contributed by atoms with Crippen LogP contribution in [-0.2, 0) is 0 Å². The molecular weight excluding hydrogens is 681 g/mol. The maximum atomic E-state index is 14.2. The Balaban J connectivity index is 1.54. The third-order valence-corrected chi connectivity index (χ3v) is 22.0. The molecular formula is C47H40N2O2Si2. The predicted octanol–water partition coefficient (Wildman–Crippen LogP) is 5.31. The van der Waals surface area contributed by atoms with Crippen molar-refractivity contribution >= 4 is 59.4 Å². The van der Waals surface area contributed by atoms with Gasteiger partial charge in [-0.2, -0.15) is 0 Å². The van der Waals surface area contributed by atoms with Gasteiger partial charge in [0, 0.05) is 12.6 Å². The summed E-state index contributed by atoms with van der Waals surface area (Å²) in [5.74, 6) is -0.481. The molecule has 1 aliphatic rings. The van der Waals surface area contributed by atoms with E-state index in [1.165, 1.54) is 36.0 Å². The van der Waals surface area contributed by atoms with Gasteiger partial charge in [0.25, 0.3) is 11.8 Å². The summed E-state index contributed by atoms with van der Waals surface area (Å²) in [6.07, 6.45) is 0. The number of amides is 2. The Hall–Kier alpha value is -5.93. The molecule has 0 N–H and O–H groups in total. The van der Waals surface area contributed by atoms with Gasteiger partial charge in [-0.3, -0.25) is 14.5 Å². The number of hydrogen-bond acceptors (Lipinski definition) is 3. The topological polar surface area (TPSA) is 40.6 Å². The Morgan fingerprint density at radius 3 is 0.868 bits per heavy atom. The second-order valence-electron chi connectivity index (χ2n) is 13.6. The maximum absolute atomic E-state index is 14.2. The highest BCUT2D eigenvalue weighted by molar-refractivity contribution is 7.22. The van der Waals surface area contributed by atoms with Gasteiger partial charge < -0.3 is 4.23 Å². The predicted molar refractivity (Wildman–Crippen MR) is 221 cm³/mol. The van der Waals surface area contributed by atoms with Crippen LogP contribution in [0.4, 0.5) is 0 Å². The lowest BCUT2D eigenvalue weighted by atomic mass is 10.1. The minimum absolute atomic E-state index is 0.217. The van der Waals surface area contributed by atoms with Gasteiger partial charge in [-0.1, -0.05) is 194 Å². The van der Waals surface area contributed by atoms with Gasteiger partial charge in [0.05, 0.1) is 11.1 Å². The zero-order valence-electron chi connectivity index (χ0n) is 29.6. The van der Waals surface area contributed by atoms with Crippen molar-refractivity contribution in [1.29, 1.82) is 0 Å². The van der Waals surface area contributed by atoms with Crippen LogP contribution in [0.5, 0.6) is 0 Å². The van der Waals surface area contributed by atoms with E-state index in [2.05, 4.69) is 193 Å². The van der Waals surface area contributed by atoms with Gasteiger partial charge in [-0.25, -0.2) is 0 Å². The quantitative estimate of drug-likeness (QED) is 0.104. The Kier molecular flexibility index (Phi) is 9.41. The van der Waals surface area contributed by atoms with Gasteiger partial charge in [-0.15, -0.1) is 0 Å².